The van der Waals surface area contributed by atoms with Gasteiger partial charge in [-0.25, -0.2) is 9.79 Å². The first-order chi connectivity index (χ1) is 19.8. The number of nitrogens with zero attached hydrogens (tertiary/aromatic N) is 3. The molecule has 3 heterocycles. The molecule has 0 aromatic heterocycles. The molecule has 41 heavy (non-hydrogen) atoms. The summed E-state index contributed by atoms with van der Waals surface area (Å²) in [5.41, 5.74) is 2.33. The average Bonchev–Trinajstić information content (AvgIpc) is 3.37. The third kappa shape index (κ3) is 6.87. The fraction of sp³-hybridized carbons (Fsp3) is 0.517. The van der Waals surface area contributed by atoms with Gasteiger partial charge in [0, 0.05) is 32.0 Å². The number of esters is 2. The molecule has 0 N–H and O–H groups in total. The zero-order valence-electron chi connectivity index (χ0n) is 24.1. The highest BCUT2D eigenvalue weighted by Crippen LogP contribution is 2.46. The van der Waals surface area contributed by atoms with Gasteiger partial charge in [-0.3, -0.25) is 9.59 Å². The second-order valence-electron chi connectivity index (χ2n) is 9.75. The number of fused-ring (bicyclic) bond motifs is 1. The van der Waals surface area contributed by atoms with E-state index in [1.54, 1.807) is 39.0 Å². The van der Waals surface area contributed by atoms with Gasteiger partial charge in [-0.15, -0.1) is 0 Å². The van der Waals surface area contributed by atoms with Crippen molar-refractivity contribution in [2.45, 2.75) is 39.2 Å². The number of amides is 1. The smallest absolute Gasteiger partial charge is 0.338 e. The summed E-state index contributed by atoms with van der Waals surface area (Å²) in [7, 11) is 4.66. The van der Waals surface area contributed by atoms with E-state index in [1.807, 2.05) is 22.4 Å². The second kappa shape index (κ2) is 13.9. The molecule has 3 aliphatic heterocycles. The highest BCUT2D eigenvalue weighted by molar-refractivity contribution is 8.16. The monoisotopic (exact) mass is 587 g/mol. The molecule has 1 unspecified atom stereocenters. The molecule has 0 bridgehead atoms. The van der Waals surface area contributed by atoms with E-state index in [2.05, 4.69) is 0 Å². The lowest BCUT2D eigenvalue weighted by Gasteiger charge is -2.37. The number of rotatable bonds is 11. The molecule has 1 saturated heterocycles. The van der Waals surface area contributed by atoms with Gasteiger partial charge in [-0.1, -0.05) is 11.8 Å². The Kier molecular flexibility index (Phi) is 10.3. The van der Waals surface area contributed by atoms with E-state index < -0.39 is 12.0 Å². The number of methoxy groups -OCH3 is 3. The van der Waals surface area contributed by atoms with Crippen LogP contribution in [0.3, 0.4) is 0 Å². The fourth-order valence-electron chi connectivity index (χ4n) is 5.12. The Hall–Kier alpha value is -3.51. The molecule has 0 aliphatic carbocycles. The van der Waals surface area contributed by atoms with Crippen molar-refractivity contribution in [1.82, 2.24) is 9.80 Å². The molecule has 4 rings (SSSR count). The summed E-state index contributed by atoms with van der Waals surface area (Å²) in [6.07, 6.45) is 1.25. The van der Waals surface area contributed by atoms with Crippen LogP contribution < -0.4 is 9.47 Å². The number of aliphatic imine (C=N–C) groups is 1. The number of likely N-dealkylation sites (tertiary alicyclic amines) is 1. The molecule has 0 saturated carbocycles. The van der Waals surface area contributed by atoms with Crippen molar-refractivity contribution >= 4 is 34.8 Å². The molecule has 3 aliphatic rings. The maximum absolute atomic E-state index is 13.5. The predicted octanol–water partition coefficient (Wildman–Crippen LogP) is 3.66. The van der Waals surface area contributed by atoms with Crippen molar-refractivity contribution in [3.63, 3.8) is 0 Å². The molecule has 12 heteroatoms. The lowest BCUT2D eigenvalue weighted by Crippen LogP contribution is -2.42. The van der Waals surface area contributed by atoms with E-state index in [9.17, 15) is 14.4 Å². The Morgan fingerprint density at radius 1 is 1.00 bits per heavy atom. The molecular formula is C29H37N3O8S. The number of amidine groups is 1. The maximum Gasteiger partial charge on any atom is 0.338 e. The topological polar surface area (TPSA) is 116 Å². The van der Waals surface area contributed by atoms with E-state index in [0.29, 0.717) is 66.2 Å². The van der Waals surface area contributed by atoms with Gasteiger partial charge in [0.1, 0.15) is 18.1 Å². The number of allylic oxidation sites excluding steroid dienone is 1. The van der Waals surface area contributed by atoms with Gasteiger partial charge < -0.3 is 33.5 Å². The van der Waals surface area contributed by atoms with Crippen molar-refractivity contribution in [2.75, 3.05) is 54.2 Å². The number of ether oxygens (including phenoxy) is 5. The van der Waals surface area contributed by atoms with Crippen molar-refractivity contribution < 1.29 is 38.1 Å². The molecule has 1 aromatic rings. The molecular weight excluding hydrogens is 550 g/mol. The summed E-state index contributed by atoms with van der Waals surface area (Å²) in [5, 5.41) is 2.56. The summed E-state index contributed by atoms with van der Waals surface area (Å²) < 4.78 is 26.8. The van der Waals surface area contributed by atoms with Crippen LogP contribution in [0.1, 0.15) is 44.7 Å². The van der Waals surface area contributed by atoms with E-state index in [-0.39, 0.29) is 37.4 Å². The number of carbonyl (C=O) groups is 3. The van der Waals surface area contributed by atoms with E-state index in [0.717, 1.165) is 5.56 Å². The zero-order valence-corrected chi connectivity index (χ0v) is 25.0. The minimum atomic E-state index is -0.634. The van der Waals surface area contributed by atoms with Crippen LogP contribution in [0, 0.1) is 5.92 Å². The molecule has 1 fully saturated rings. The van der Waals surface area contributed by atoms with Crippen molar-refractivity contribution in [3.8, 4) is 11.5 Å². The van der Waals surface area contributed by atoms with Crippen LogP contribution in [0.15, 0.2) is 45.6 Å². The maximum atomic E-state index is 13.5. The predicted molar refractivity (Wildman–Crippen MR) is 153 cm³/mol. The van der Waals surface area contributed by atoms with Crippen LogP contribution in [-0.2, 0) is 28.6 Å². The Morgan fingerprint density at radius 3 is 2.29 bits per heavy atom. The highest BCUT2D eigenvalue weighted by atomic mass is 32.2. The first-order valence-electron chi connectivity index (χ1n) is 13.6. The minimum Gasteiger partial charge on any atom is -0.497 e. The van der Waals surface area contributed by atoms with E-state index in [1.165, 1.54) is 18.9 Å². The summed E-state index contributed by atoms with van der Waals surface area (Å²) in [5.74, 6) is 0.161. The molecule has 1 atom stereocenters. The minimum absolute atomic E-state index is 0.0575. The van der Waals surface area contributed by atoms with Crippen molar-refractivity contribution in [2.24, 2.45) is 10.9 Å². The molecule has 1 aromatic carbocycles. The average molecular weight is 588 g/mol. The number of hydrogen-bond donors (Lipinski definition) is 0. The number of hydrogen-bond acceptors (Lipinski definition) is 11. The molecule has 0 radical (unpaired) electrons. The molecule has 11 nitrogen and oxygen atoms in total. The Balaban J connectivity index is 1.61. The highest BCUT2D eigenvalue weighted by Gasteiger charge is 2.42. The van der Waals surface area contributed by atoms with Gasteiger partial charge in [0.2, 0.25) is 5.91 Å². The zero-order chi connectivity index (χ0) is 29.5. The van der Waals surface area contributed by atoms with Crippen LogP contribution in [-0.4, -0.2) is 87.1 Å². The van der Waals surface area contributed by atoms with Crippen molar-refractivity contribution in [1.29, 1.82) is 0 Å². The third-order valence-electron chi connectivity index (χ3n) is 7.23. The Bertz CT molecular complexity index is 1230. The number of carbonyl (C=O) groups excluding carboxylic acids is 3. The van der Waals surface area contributed by atoms with E-state index >= 15 is 0 Å². The Labute approximate surface area is 244 Å². The fourth-order valence-corrected chi connectivity index (χ4v) is 6.08. The first kappa shape index (κ1) is 30.4. The van der Waals surface area contributed by atoms with Crippen LogP contribution in [0.2, 0.25) is 0 Å². The summed E-state index contributed by atoms with van der Waals surface area (Å²) in [6, 6.07) is 4.81. The van der Waals surface area contributed by atoms with Gasteiger partial charge in [-0.2, -0.15) is 0 Å². The standard InChI is InChI=1S/C29H37N3O8S/c1-6-39-27(34)19-7-9-31(10-8-19)24(33)15-21-17-41-29-30-18(2)25(28(35)40-12-11-36-3)26(32(21)29)20-13-22(37-4)16-23(14-20)38-5/h13-14,16-17,19,26H,6-12,15H2,1-5H3. The van der Waals surface area contributed by atoms with Crippen molar-refractivity contribution in [3.05, 3.63) is 46.1 Å². The molecule has 222 valence electrons. The molecule has 0 spiro atoms. The number of piperidine rings is 1. The van der Waals surface area contributed by atoms with Crippen LogP contribution in [0.4, 0.5) is 0 Å². The summed E-state index contributed by atoms with van der Waals surface area (Å²) >= 11 is 1.40. The number of thioether (sulfide) groups is 1. The van der Waals surface area contributed by atoms with E-state index in [4.69, 9.17) is 28.7 Å². The quantitative estimate of drug-likeness (QED) is 0.281. The summed E-state index contributed by atoms with van der Waals surface area (Å²) in [4.78, 5) is 47.5. The third-order valence-corrected chi connectivity index (χ3v) is 8.12. The Morgan fingerprint density at radius 2 is 1.68 bits per heavy atom. The van der Waals surface area contributed by atoms with Gasteiger partial charge in [0.05, 0.1) is 57.1 Å². The first-order valence-corrected chi connectivity index (χ1v) is 14.5. The SMILES string of the molecule is CCOC(=O)C1CCN(C(=O)CC2=CSC3=NC(C)=C(C(=O)OCCOC)C(c4cc(OC)cc(OC)c4)N23)CC1. The molecule has 1 amide bonds. The normalized spacial score (nSPS) is 18.9. The van der Waals surface area contributed by atoms with Gasteiger partial charge in [0.15, 0.2) is 5.17 Å². The van der Waals surface area contributed by atoms with Gasteiger partial charge in [-0.05, 0) is 49.8 Å². The lowest BCUT2D eigenvalue weighted by molar-refractivity contribution is -0.151. The largest absolute Gasteiger partial charge is 0.497 e. The van der Waals surface area contributed by atoms with Gasteiger partial charge in [0.25, 0.3) is 0 Å². The van der Waals surface area contributed by atoms with Crippen LogP contribution in [0.25, 0.3) is 0 Å². The van der Waals surface area contributed by atoms with Gasteiger partial charge >= 0.3 is 11.9 Å². The van der Waals surface area contributed by atoms with Crippen LogP contribution in [0.5, 0.6) is 11.5 Å². The van der Waals surface area contributed by atoms with Crippen LogP contribution >= 0.6 is 11.8 Å². The second-order valence-corrected chi connectivity index (χ2v) is 10.6. The number of benzene rings is 1. The lowest BCUT2D eigenvalue weighted by atomic mass is 9.93. The summed E-state index contributed by atoms with van der Waals surface area (Å²) in [6.45, 7) is 5.23.